The van der Waals surface area contributed by atoms with Crippen molar-refractivity contribution in [3.63, 3.8) is 0 Å². The first-order valence-electron chi connectivity index (χ1n) is 9.60. The van der Waals surface area contributed by atoms with E-state index in [0.29, 0.717) is 5.02 Å². The molecule has 146 valence electrons. The molecule has 1 aliphatic rings. The van der Waals surface area contributed by atoms with Crippen molar-refractivity contribution in [3.05, 3.63) is 69.8 Å². The summed E-state index contributed by atoms with van der Waals surface area (Å²) >= 11 is 6.18. The van der Waals surface area contributed by atoms with Gasteiger partial charge in [-0.05, 0) is 38.7 Å². The maximum atomic E-state index is 12.6. The molecule has 0 aliphatic heterocycles. The predicted molar refractivity (Wildman–Crippen MR) is 108 cm³/mol. The van der Waals surface area contributed by atoms with Crippen molar-refractivity contribution < 1.29 is 4.79 Å². The van der Waals surface area contributed by atoms with Gasteiger partial charge >= 0.3 is 0 Å². The Hall–Kier alpha value is -2.60. The molecule has 0 spiro atoms. The first-order chi connectivity index (χ1) is 13.5. The average molecular weight is 398 g/mol. The first kappa shape index (κ1) is 18.7. The van der Waals surface area contributed by atoms with E-state index in [2.05, 4.69) is 32.3 Å². The molecule has 0 saturated carbocycles. The molecule has 1 amide bonds. The quantitative estimate of drug-likeness (QED) is 0.715. The molecule has 2 aromatic heterocycles. The Kier molecular flexibility index (Phi) is 5.22. The third-order valence-electron chi connectivity index (χ3n) is 5.36. The van der Waals surface area contributed by atoms with E-state index in [1.165, 1.54) is 11.3 Å². The van der Waals surface area contributed by atoms with Gasteiger partial charge in [0.05, 0.1) is 35.2 Å². The number of rotatable bonds is 5. The lowest BCUT2D eigenvalue weighted by Crippen LogP contribution is -2.34. The minimum Gasteiger partial charge on any atom is -0.348 e. The SMILES string of the molecule is Cc1nn(CC(=O)NC2CCCc3c2cnn3Cc2ccccc2)c(C)c1Cl. The standard InChI is InChI=1S/C21H24ClN5O/c1-14-21(22)15(2)26(25-14)13-20(28)24-18-9-6-10-19-17(18)11-23-27(19)12-16-7-4-3-5-8-16/h3-5,7-8,11,18H,6,9-10,12-13H2,1-2H3,(H,24,28). The van der Waals surface area contributed by atoms with Gasteiger partial charge in [0.25, 0.3) is 0 Å². The van der Waals surface area contributed by atoms with Crippen LogP contribution in [-0.2, 0) is 24.3 Å². The van der Waals surface area contributed by atoms with E-state index in [0.717, 1.165) is 42.8 Å². The third kappa shape index (κ3) is 3.69. The fourth-order valence-corrected chi connectivity index (χ4v) is 4.00. The van der Waals surface area contributed by atoms with E-state index in [1.807, 2.05) is 38.2 Å². The zero-order valence-corrected chi connectivity index (χ0v) is 16.9. The highest BCUT2D eigenvalue weighted by Gasteiger charge is 2.26. The summed E-state index contributed by atoms with van der Waals surface area (Å²) in [7, 11) is 0. The summed E-state index contributed by atoms with van der Waals surface area (Å²) in [5.41, 5.74) is 5.13. The van der Waals surface area contributed by atoms with E-state index in [9.17, 15) is 4.79 Å². The minimum absolute atomic E-state index is 0.00629. The van der Waals surface area contributed by atoms with Crippen molar-refractivity contribution in [1.29, 1.82) is 0 Å². The number of halogens is 1. The molecule has 1 N–H and O–H groups in total. The fourth-order valence-electron chi connectivity index (χ4n) is 3.87. The van der Waals surface area contributed by atoms with Crippen LogP contribution in [0.4, 0.5) is 0 Å². The van der Waals surface area contributed by atoms with E-state index in [1.54, 1.807) is 4.68 Å². The van der Waals surface area contributed by atoms with Crippen LogP contribution in [0.2, 0.25) is 5.02 Å². The summed E-state index contributed by atoms with van der Waals surface area (Å²) in [6.07, 6.45) is 4.85. The van der Waals surface area contributed by atoms with E-state index < -0.39 is 0 Å². The van der Waals surface area contributed by atoms with Crippen molar-refractivity contribution in [1.82, 2.24) is 24.9 Å². The molecule has 1 aliphatic carbocycles. The van der Waals surface area contributed by atoms with Crippen LogP contribution in [0, 0.1) is 13.8 Å². The molecule has 3 aromatic rings. The molecular formula is C21H24ClN5O. The smallest absolute Gasteiger partial charge is 0.242 e. The summed E-state index contributed by atoms with van der Waals surface area (Å²) in [6, 6.07) is 10.3. The number of aromatic nitrogens is 4. The van der Waals surface area contributed by atoms with E-state index in [-0.39, 0.29) is 18.5 Å². The lowest BCUT2D eigenvalue weighted by atomic mass is 9.93. The number of aryl methyl sites for hydroxylation is 1. The van der Waals surface area contributed by atoms with Crippen molar-refractivity contribution in [2.24, 2.45) is 0 Å². The molecule has 0 fully saturated rings. The molecule has 4 rings (SSSR count). The van der Waals surface area contributed by atoms with Gasteiger partial charge in [-0.3, -0.25) is 14.2 Å². The maximum Gasteiger partial charge on any atom is 0.242 e. The number of nitrogens with zero attached hydrogens (tertiary/aromatic N) is 4. The normalized spacial score (nSPS) is 16.0. The van der Waals surface area contributed by atoms with Gasteiger partial charge in [-0.2, -0.15) is 10.2 Å². The predicted octanol–water partition coefficient (Wildman–Crippen LogP) is 3.59. The second kappa shape index (κ2) is 7.80. The monoisotopic (exact) mass is 397 g/mol. The number of amides is 1. The molecule has 28 heavy (non-hydrogen) atoms. The summed E-state index contributed by atoms with van der Waals surface area (Å²) in [5.74, 6) is -0.0593. The Morgan fingerprint density at radius 3 is 2.75 bits per heavy atom. The lowest BCUT2D eigenvalue weighted by Gasteiger charge is -2.24. The number of hydrogen-bond acceptors (Lipinski definition) is 3. The summed E-state index contributed by atoms with van der Waals surface area (Å²) in [6.45, 7) is 4.64. The highest BCUT2D eigenvalue weighted by Crippen LogP contribution is 2.30. The van der Waals surface area contributed by atoms with Gasteiger partial charge in [0, 0.05) is 11.3 Å². The lowest BCUT2D eigenvalue weighted by molar-refractivity contribution is -0.122. The van der Waals surface area contributed by atoms with Crippen LogP contribution >= 0.6 is 11.6 Å². The highest BCUT2D eigenvalue weighted by molar-refractivity contribution is 6.31. The minimum atomic E-state index is -0.0593. The summed E-state index contributed by atoms with van der Waals surface area (Å²) < 4.78 is 3.72. The molecular weight excluding hydrogens is 374 g/mol. The largest absolute Gasteiger partial charge is 0.348 e. The van der Waals surface area contributed by atoms with E-state index >= 15 is 0 Å². The molecule has 1 unspecified atom stereocenters. The number of carbonyl (C=O) groups is 1. The van der Waals surface area contributed by atoms with Crippen LogP contribution in [0.25, 0.3) is 0 Å². The van der Waals surface area contributed by atoms with Gasteiger partial charge in [0.1, 0.15) is 6.54 Å². The van der Waals surface area contributed by atoms with Crippen molar-refractivity contribution in [3.8, 4) is 0 Å². The van der Waals surface area contributed by atoms with Crippen LogP contribution in [-0.4, -0.2) is 25.5 Å². The molecule has 0 radical (unpaired) electrons. The molecule has 2 heterocycles. The van der Waals surface area contributed by atoms with Gasteiger partial charge in [-0.1, -0.05) is 41.9 Å². The molecule has 1 aromatic carbocycles. The zero-order valence-electron chi connectivity index (χ0n) is 16.2. The number of carbonyl (C=O) groups excluding carboxylic acids is 1. The van der Waals surface area contributed by atoms with Gasteiger partial charge < -0.3 is 5.32 Å². The van der Waals surface area contributed by atoms with Crippen LogP contribution in [0.15, 0.2) is 36.5 Å². The Morgan fingerprint density at radius 1 is 1.25 bits per heavy atom. The van der Waals surface area contributed by atoms with Gasteiger partial charge in [0.15, 0.2) is 0 Å². The Balaban J connectivity index is 1.47. The number of nitrogens with one attached hydrogen (secondary N) is 1. The van der Waals surface area contributed by atoms with Crippen LogP contribution < -0.4 is 5.32 Å². The Bertz CT molecular complexity index is 992. The zero-order chi connectivity index (χ0) is 19.7. The summed E-state index contributed by atoms with van der Waals surface area (Å²) in [4.78, 5) is 12.6. The molecule has 6 nitrogen and oxygen atoms in total. The fraction of sp³-hybridized carbons (Fsp3) is 0.381. The molecule has 7 heteroatoms. The van der Waals surface area contributed by atoms with E-state index in [4.69, 9.17) is 11.6 Å². The second-order valence-electron chi connectivity index (χ2n) is 7.34. The third-order valence-corrected chi connectivity index (χ3v) is 5.91. The van der Waals surface area contributed by atoms with Crippen LogP contribution in [0.5, 0.6) is 0 Å². The molecule has 0 bridgehead atoms. The van der Waals surface area contributed by atoms with Gasteiger partial charge in [0.2, 0.25) is 5.91 Å². The highest BCUT2D eigenvalue weighted by atomic mass is 35.5. The van der Waals surface area contributed by atoms with Crippen molar-refractivity contribution in [2.45, 2.75) is 52.2 Å². The average Bonchev–Trinajstić information content (AvgIpc) is 3.20. The number of hydrogen-bond donors (Lipinski definition) is 1. The van der Waals surface area contributed by atoms with Gasteiger partial charge in [-0.25, -0.2) is 0 Å². The Morgan fingerprint density at radius 2 is 2.04 bits per heavy atom. The summed E-state index contributed by atoms with van der Waals surface area (Å²) in [5, 5.41) is 12.7. The first-order valence-corrected chi connectivity index (χ1v) is 9.98. The van der Waals surface area contributed by atoms with Gasteiger partial charge in [-0.15, -0.1) is 0 Å². The topological polar surface area (TPSA) is 64.7 Å². The number of benzene rings is 1. The second-order valence-corrected chi connectivity index (χ2v) is 7.72. The molecule has 1 atom stereocenters. The Labute approximate surface area is 169 Å². The molecule has 0 saturated heterocycles. The van der Waals surface area contributed by atoms with Crippen molar-refractivity contribution in [2.75, 3.05) is 0 Å². The van der Waals surface area contributed by atoms with Crippen molar-refractivity contribution >= 4 is 17.5 Å². The van der Waals surface area contributed by atoms with Crippen LogP contribution in [0.1, 0.15) is 47.1 Å². The van der Waals surface area contributed by atoms with Crippen LogP contribution in [0.3, 0.4) is 0 Å². The maximum absolute atomic E-state index is 12.6. The number of fused-ring (bicyclic) bond motifs is 1.